The van der Waals surface area contributed by atoms with E-state index in [2.05, 4.69) is 25.8 Å². The van der Waals surface area contributed by atoms with Gasteiger partial charge in [-0.1, -0.05) is 32.6 Å². The van der Waals surface area contributed by atoms with Crippen molar-refractivity contribution in [3.05, 3.63) is 0 Å². The van der Waals surface area contributed by atoms with Crippen LogP contribution in [0.15, 0.2) is 0 Å². The van der Waals surface area contributed by atoms with Gasteiger partial charge in [-0.25, -0.2) is 0 Å². The Labute approximate surface area is 88.3 Å². The Morgan fingerprint density at radius 3 is 2.57 bits per heavy atom. The summed E-state index contributed by atoms with van der Waals surface area (Å²) in [5.74, 6) is 0. The van der Waals surface area contributed by atoms with Crippen molar-refractivity contribution in [2.45, 2.75) is 64.0 Å². The molecule has 1 heterocycles. The first-order chi connectivity index (χ1) is 6.57. The molecule has 2 nitrogen and oxygen atoms in total. The summed E-state index contributed by atoms with van der Waals surface area (Å²) in [7, 11) is 2.11. The Balaban J connectivity index is 2.23. The lowest BCUT2D eigenvalue weighted by molar-refractivity contribution is 0.0402. The van der Waals surface area contributed by atoms with Crippen molar-refractivity contribution in [2.24, 2.45) is 0 Å². The molecule has 1 aliphatic heterocycles. The zero-order valence-corrected chi connectivity index (χ0v) is 9.92. The molecule has 0 aliphatic carbocycles. The molecule has 2 atom stereocenters. The number of hydrogen-bond donors (Lipinski definition) is 1. The lowest BCUT2D eigenvalue weighted by Crippen LogP contribution is -2.31. The third-order valence-electron chi connectivity index (χ3n) is 3.47. The van der Waals surface area contributed by atoms with Crippen LogP contribution in [0.2, 0.25) is 0 Å². The van der Waals surface area contributed by atoms with Gasteiger partial charge in [-0.2, -0.15) is 0 Å². The molecule has 0 spiro atoms. The van der Waals surface area contributed by atoms with Crippen LogP contribution >= 0.6 is 0 Å². The maximum Gasteiger partial charge on any atom is 0.0788 e. The van der Waals surface area contributed by atoms with Crippen LogP contribution in [0.25, 0.3) is 0 Å². The molecule has 0 bridgehead atoms. The van der Waals surface area contributed by atoms with E-state index in [1.807, 2.05) is 0 Å². The molecule has 2 heteroatoms. The fourth-order valence-corrected chi connectivity index (χ4v) is 2.45. The fraction of sp³-hybridized carbons (Fsp3) is 1.00. The fourth-order valence-electron chi connectivity index (χ4n) is 2.45. The molecule has 1 N–H and O–H groups in total. The Hall–Kier alpha value is -0.0800. The molecular weight excluding hydrogens is 174 g/mol. The van der Waals surface area contributed by atoms with E-state index >= 15 is 0 Å². The van der Waals surface area contributed by atoms with Gasteiger partial charge >= 0.3 is 0 Å². The molecule has 2 unspecified atom stereocenters. The number of unbranched alkanes of at least 4 members (excludes halogenated alkanes) is 3. The molecule has 0 aromatic rings. The van der Waals surface area contributed by atoms with Crippen molar-refractivity contribution in [3.63, 3.8) is 0 Å². The third-order valence-corrected chi connectivity index (χ3v) is 3.47. The molecule has 0 aromatic heterocycles. The van der Waals surface area contributed by atoms with Gasteiger partial charge in [0.15, 0.2) is 0 Å². The average molecular weight is 199 g/mol. The van der Waals surface area contributed by atoms with Crippen molar-refractivity contribution in [1.82, 2.24) is 4.90 Å². The van der Waals surface area contributed by atoms with Crippen LogP contribution in [0.5, 0.6) is 0 Å². The van der Waals surface area contributed by atoms with Gasteiger partial charge < -0.3 is 10.0 Å². The van der Waals surface area contributed by atoms with E-state index < -0.39 is 0 Å². The molecule has 1 aliphatic rings. The number of β-amino-alcohol motifs (C(OH)–C–C–N with tert-alkyl or cyclic N) is 1. The second-order valence-electron chi connectivity index (χ2n) is 5.00. The monoisotopic (exact) mass is 199 g/mol. The maximum atomic E-state index is 10.3. The summed E-state index contributed by atoms with van der Waals surface area (Å²) < 4.78 is 0. The van der Waals surface area contributed by atoms with Gasteiger partial charge in [0.2, 0.25) is 0 Å². The highest BCUT2D eigenvalue weighted by Crippen LogP contribution is 2.30. The molecular formula is C12H25NO. The van der Waals surface area contributed by atoms with E-state index in [9.17, 15) is 5.11 Å². The molecule has 1 saturated heterocycles. The largest absolute Gasteiger partial charge is 0.388 e. The highest BCUT2D eigenvalue weighted by atomic mass is 16.3. The maximum absolute atomic E-state index is 10.3. The number of likely N-dealkylation sites (tertiary alicyclic amines) is 1. The van der Waals surface area contributed by atoms with Crippen LogP contribution in [0.1, 0.15) is 52.4 Å². The molecule has 1 fully saturated rings. The third kappa shape index (κ3) is 3.25. The summed E-state index contributed by atoms with van der Waals surface area (Å²) in [5, 5.41) is 10.3. The summed E-state index contributed by atoms with van der Waals surface area (Å²) in [6.45, 7) is 5.28. The second-order valence-corrected chi connectivity index (χ2v) is 5.00. The summed E-state index contributed by atoms with van der Waals surface area (Å²) in [6.07, 6.45) is 6.98. The first kappa shape index (κ1) is 12.0. The van der Waals surface area contributed by atoms with Crippen molar-refractivity contribution in [3.8, 4) is 0 Å². The van der Waals surface area contributed by atoms with Crippen LogP contribution in [0.4, 0.5) is 0 Å². The van der Waals surface area contributed by atoms with Crippen molar-refractivity contribution in [2.75, 3.05) is 13.6 Å². The molecule has 84 valence electrons. The van der Waals surface area contributed by atoms with Gasteiger partial charge in [-0.15, -0.1) is 0 Å². The molecule has 0 amide bonds. The zero-order valence-electron chi connectivity index (χ0n) is 9.92. The van der Waals surface area contributed by atoms with Crippen molar-refractivity contribution in [1.29, 1.82) is 0 Å². The van der Waals surface area contributed by atoms with E-state index in [1.165, 1.54) is 25.7 Å². The Bertz CT molecular complexity index is 160. The molecule has 14 heavy (non-hydrogen) atoms. The molecule has 0 aromatic carbocycles. The van der Waals surface area contributed by atoms with E-state index in [4.69, 9.17) is 0 Å². The summed E-state index contributed by atoms with van der Waals surface area (Å²) >= 11 is 0. The number of aliphatic hydroxyl groups is 1. The van der Waals surface area contributed by atoms with Gasteiger partial charge in [0, 0.05) is 12.6 Å². The van der Waals surface area contributed by atoms with Gasteiger partial charge in [0.05, 0.1) is 5.60 Å². The van der Waals surface area contributed by atoms with E-state index in [0.29, 0.717) is 6.04 Å². The quantitative estimate of drug-likeness (QED) is 0.687. The van der Waals surface area contributed by atoms with Crippen LogP contribution in [-0.4, -0.2) is 35.2 Å². The van der Waals surface area contributed by atoms with E-state index in [1.54, 1.807) is 0 Å². The SMILES string of the molecule is CCCCCCC1(O)CC(C)N(C)C1. The van der Waals surface area contributed by atoms with Gasteiger partial charge in [0.25, 0.3) is 0 Å². The van der Waals surface area contributed by atoms with Crippen LogP contribution < -0.4 is 0 Å². The zero-order chi connectivity index (χ0) is 10.6. The molecule has 0 radical (unpaired) electrons. The minimum atomic E-state index is -0.387. The first-order valence-corrected chi connectivity index (χ1v) is 6.00. The van der Waals surface area contributed by atoms with E-state index in [-0.39, 0.29) is 5.60 Å². The number of nitrogens with zero attached hydrogens (tertiary/aromatic N) is 1. The van der Waals surface area contributed by atoms with Crippen LogP contribution in [-0.2, 0) is 0 Å². The minimum absolute atomic E-state index is 0.387. The Morgan fingerprint density at radius 1 is 1.36 bits per heavy atom. The smallest absolute Gasteiger partial charge is 0.0788 e. The average Bonchev–Trinajstić information content (AvgIpc) is 2.36. The normalized spacial score (nSPS) is 33.9. The predicted molar refractivity (Wildman–Crippen MR) is 60.4 cm³/mol. The molecule has 0 saturated carbocycles. The number of likely N-dealkylation sites (N-methyl/N-ethyl adjacent to an activating group) is 1. The predicted octanol–water partition coefficient (Wildman–Crippen LogP) is 2.41. The topological polar surface area (TPSA) is 23.5 Å². The standard InChI is InChI=1S/C12H25NO/c1-4-5-6-7-8-12(14)9-11(2)13(3)10-12/h11,14H,4-10H2,1-3H3. The number of rotatable bonds is 5. The molecule has 1 rings (SSSR count). The second kappa shape index (κ2) is 5.13. The summed E-state index contributed by atoms with van der Waals surface area (Å²) in [6, 6.07) is 0.547. The van der Waals surface area contributed by atoms with Gasteiger partial charge in [-0.3, -0.25) is 0 Å². The van der Waals surface area contributed by atoms with Gasteiger partial charge in [-0.05, 0) is 26.8 Å². The lowest BCUT2D eigenvalue weighted by Gasteiger charge is -2.21. The van der Waals surface area contributed by atoms with E-state index in [0.717, 1.165) is 19.4 Å². The first-order valence-electron chi connectivity index (χ1n) is 6.00. The summed E-state index contributed by atoms with van der Waals surface area (Å²) in [5.41, 5.74) is -0.387. The van der Waals surface area contributed by atoms with Gasteiger partial charge in [0.1, 0.15) is 0 Å². The van der Waals surface area contributed by atoms with Crippen LogP contribution in [0, 0.1) is 0 Å². The van der Waals surface area contributed by atoms with Crippen molar-refractivity contribution < 1.29 is 5.11 Å². The highest BCUT2D eigenvalue weighted by molar-refractivity contribution is 4.92. The minimum Gasteiger partial charge on any atom is -0.388 e. The highest BCUT2D eigenvalue weighted by Gasteiger charge is 2.37. The van der Waals surface area contributed by atoms with Crippen molar-refractivity contribution >= 4 is 0 Å². The Kier molecular flexibility index (Phi) is 4.39. The lowest BCUT2D eigenvalue weighted by atomic mass is 9.93. The van der Waals surface area contributed by atoms with Crippen LogP contribution in [0.3, 0.4) is 0 Å². The summed E-state index contributed by atoms with van der Waals surface area (Å²) in [4.78, 5) is 2.26. The number of hydrogen-bond acceptors (Lipinski definition) is 2. The Morgan fingerprint density at radius 2 is 2.07 bits per heavy atom.